The van der Waals surface area contributed by atoms with Gasteiger partial charge in [-0.2, -0.15) is 0 Å². The highest BCUT2D eigenvalue weighted by atomic mass is 35.5. The van der Waals surface area contributed by atoms with Crippen molar-refractivity contribution >= 4 is 42.9 Å². The molecule has 1 unspecified atom stereocenters. The van der Waals surface area contributed by atoms with Crippen molar-refractivity contribution in [2.45, 2.75) is 31.1 Å². The maximum absolute atomic E-state index is 13.5. The highest BCUT2D eigenvalue weighted by Crippen LogP contribution is 2.25. The standard InChI is InChI=1S/C20H25ClN4O5S2/c1-4-32(29,30)20-22-11-17(21)18(23-20)19(26)25(16-9-10-31(27,28)13-16)12-14-5-7-15(8-6-14)24(2)3/h5-8,11,16H,4,9-10,12-13H2,1-3H3. The lowest BCUT2D eigenvalue weighted by molar-refractivity contribution is 0.0674. The van der Waals surface area contributed by atoms with E-state index in [9.17, 15) is 21.6 Å². The van der Waals surface area contributed by atoms with Crippen LogP contribution in [0.2, 0.25) is 5.02 Å². The van der Waals surface area contributed by atoms with Crippen molar-refractivity contribution in [2.75, 3.05) is 36.3 Å². The fourth-order valence-corrected chi connectivity index (χ4v) is 6.00. The number of rotatable bonds is 7. The molecule has 174 valence electrons. The predicted octanol–water partition coefficient (Wildman–Crippen LogP) is 1.82. The number of hydrogen-bond acceptors (Lipinski definition) is 8. The molecular formula is C20H25ClN4O5S2. The van der Waals surface area contributed by atoms with Gasteiger partial charge in [-0.25, -0.2) is 26.8 Å². The zero-order chi connectivity index (χ0) is 23.7. The summed E-state index contributed by atoms with van der Waals surface area (Å²) in [6.45, 7) is 1.57. The van der Waals surface area contributed by atoms with Crippen LogP contribution in [0.4, 0.5) is 5.69 Å². The largest absolute Gasteiger partial charge is 0.378 e. The SMILES string of the molecule is CCS(=O)(=O)c1ncc(Cl)c(C(=O)N(Cc2ccc(N(C)C)cc2)C2CCS(=O)(=O)C2)n1. The smallest absolute Gasteiger partial charge is 0.274 e. The Morgan fingerprint density at radius 3 is 2.41 bits per heavy atom. The number of hydrogen-bond donors (Lipinski definition) is 0. The minimum atomic E-state index is -3.76. The lowest BCUT2D eigenvalue weighted by Crippen LogP contribution is -2.41. The molecule has 0 bridgehead atoms. The average Bonchev–Trinajstić information content (AvgIpc) is 3.11. The number of aromatic nitrogens is 2. The summed E-state index contributed by atoms with van der Waals surface area (Å²) in [5, 5.41) is -0.582. The van der Waals surface area contributed by atoms with E-state index in [0.717, 1.165) is 17.4 Å². The number of nitrogens with zero attached hydrogens (tertiary/aromatic N) is 4. The van der Waals surface area contributed by atoms with Gasteiger partial charge in [-0.1, -0.05) is 30.7 Å². The van der Waals surface area contributed by atoms with Gasteiger partial charge in [-0.15, -0.1) is 0 Å². The zero-order valence-electron chi connectivity index (χ0n) is 18.0. The molecule has 32 heavy (non-hydrogen) atoms. The minimum Gasteiger partial charge on any atom is -0.378 e. The zero-order valence-corrected chi connectivity index (χ0v) is 20.4. The first-order valence-corrected chi connectivity index (χ1v) is 13.8. The van der Waals surface area contributed by atoms with Gasteiger partial charge < -0.3 is 9.80 Å². The van der Waals surface area contributed by atoms with E-state index in [1.165, 1.54) is 11.8 Å². The monoisotopic (exact) mass is 500 g/mol. The molecule has 9 nitrogen and oxygen atoms in total. The van der Waals surface area contributed by atoms with Crippen LogP contribution in [-0.2, 0) is 26.2 Å². The van der Waals surface area contributed by atoms with E-state index in [4.69, 9.17) is 11.6 Å². The lowest BCUT2D eigenvalue weighted by atomic mass is 10.1. The van der Waals surface area contributed by atoms with E-state index in [2.05, 4.69) is 9.97 Å². The molecule has 0 N–H and O–H groups in total. The van der Waals surface area contributed by atoms with E-state index in [-0.39, 0.29) is 40.9 Å². The number of carbonyl (C=O) groups is 1. The molecule has 1 fully saturated rings. The maximum atomic E-state index is 13.5. The van der Waals surface area contributed by atoms with Crippen molar-refractivity contribution in [3.05, 3.63) is 46.7 Å². The first kappa shape index (κ1) is 24.4. The molecule has 0 spiro atoms. The summed E-state index contributed by atoms with van der Waals surface area (Å²) in [7, 11) is -3.21. The van der Waals surface area contributed by atoms with Crippen molar-refractivity contribution in [1.29, 1.82) is 0 Å². The van der Waals surface area contributed by atoms with Crippen LogP contribution in [0.1, 0.15) is 29.4 Å². The normalized spacial score (nSPS) is 17.8. The molecule has 1 amide bonds. The Bertz CT molecular complexity index is 1220. The lowest BCUT2D eigenvalue weighted by Gasteiger charge is -2.28. The molecule has 0 aliphatic carbocycles. The number of anilines is 1. The Morgan fingerprint density at radius 1 is 1.22 bits per heavy atom. The molecule has 0 saturated carbocycles. The van der Waals surface area contributed by atoms with Gasteiger partial charge in [0.2, 0.25) is 15.0 Å². The van der Waals surface area contributed by atoms with E-state index < -0.39 is 36.8 Å². The van der Waals surface area contributed by atoms with Crippen LogP contribution in [0.15, 0.2) is 35.6 Å². The Hall–Kier alpha value is -2.24. The van der Waals surface area contributed by atoms with Gasteiger partial charge in [-0.05, 0) is 24.1 Å². The van der Waals surface area contributed by atoms with E-state index in [1.54, 1.807) is 0 Å². The summed E-state index contributed by atoms with van der Waals surface area (Å²) in [5.41, 5.74) is 1.51. The highest BCUT2D eigenvalue weighted by Gasteiger charge is 2.36. The third-order valence-corrected chi connectivity index (χ3v) is 8.84. The Balaban J connectivity index is 2.00. The van der Waals surface area contributed by atoms with Crippen molar-refractivity contribution in [3.8, 4) is 0 Å². The third kappa shape index (κ3) is 5.38. The molecule has 2 heterocycles. The molecular weight excluding hydrogens is 476 g/mol. The fraction of sp³-hybridized carbons (Fsp3) is 0.450. The molecule has 1 aromatic carbocycles. The number of amides is 1. The first-order chi connectivity index (χ1) is 14.9. The average molecular weight is 501 g/mol. The highest BCUT2D eigenvalue weighted by molar-refractivity contribution is 7.91. The van der Waals surface area contributed by atoms with Gasteiger partial charge in [0.05, 0.1) is 28.5 Å². The fourth-order valence-electron chi connectivity index (χ4n) is 3.40. The maximum Gasteiger partial charge on any atom is 0.274 e. The second-order valence-electron chi connectivity index (χ2n) is 7.80. The van der Waals surface area contributed by atoms with Gasteiger partial charge >= 0.3 is 0 Å². The minimum absolute atomic E-state index is 0.0199. The van der Waals surface area contributed by atoms with Crippen LogP contribution in [0, 0.1) is 0 Å². The van der Waals surface area contributed by atoms with Crippen molar-refractivity contribution in [2.24, 2.45) is 0 Å². The number of halogens is 1. The van der Waals surface area contributed by atoms with Gasteiger partial charge in [0.25, 0.3) is 5.91 Å². The Labute approximate surface area is 193 Å². The number of carbonyl (C=O) groups excluding carboxylic acids is 1. The molecule has 1 aromatic heterocycles. The van der Waals surface area contributed by atoms with Crippen molar-refractivity contribution < 1.29 is 21.6 Å². The third-order valence-electron chi connectivity index (χ3n) is 5.30. The van der Waals surface area contributed by atoms with E-state index in [1.807, 2.05) is 43.3 Å². The molecule has 0 radical (unpaired) electrons. The summed E-state index contributed by atoms with van der Waals surface area (Å²) in [6.07, 6.45) is 1.37. The molecule has 1 saturated heterocycles. The van der Waals surface area contributed by atoms with Gasteiger partial charge in [0.1, 0.15) is 0 Å². The second kappa shape index (κ2) is 9.32. The van der Waals surface area contributed by atoms with Crippen LogP contribution in [0.5, 0.6) is 0 Å². The van der Waals surface area contributed by atoms with Crippen molar-refractivity contribution in [1.82, 2.24) is 14.9 Å². The van der Waals surface area contributed by atoms with Crippen LogP contribution < -0.4 is 4.90 Å². The van der Waals surface area contributed by atoms with E-state index in [0.29, 0.717) is 0 Å². The summed E-state index contributed by atoms with van der Waals surface area (Å²) in [4.78, 5) is 24.5. The second-order valence-corrected chi connectivity index (χ2v) is 12.6. The quantitative estimate of drug-likeness (QED) is 0.528. The summed E-state index contributed by atoms with van der Waals surface area (Å²) in [6, 6.07) is 6.93. The van der Waals surface area contributed by atoms with Crippen LogP contribution in [0.3, 0.4) is 0 Å². The van der Waals surface area contributed by atoms with Crippen molar-refractivity contribution in [3.63, 3.8) is 0 Å². The topological polar surface area (TPSA) is 118 Å². The van der Waals surface area contributed by atoms with Crippen LogP contribution in [-0.4, -0.2) is 75.0 Å². The van der Waals surface area contributed by atoms with Crippen LogP contribution in [0.25, 0.3) is 0 Å². The van der Waals surface area contributed by atoms with Gasteiger partial charge in [0, 0.05) is 32.4 Å². The Morgan fingerprint density at radius 2 is 1.88 bits per heavy atom. The molecule has 1 atom stereocenters. The molecule has 3 rings (SSSR count). The van der Waals surface area contributed by atoms with E-state index >= 15 is 0 Å². The Kier molecular flexibility index (Phi) is 7.11. The van der Waals surface area contributed by atoms with Gasteiger partial charge in [0.15, 0.2) is 15.5 Å². The van der Waals surface area contributed by atoms with Crippen LogP contribution >= 0.6 is 11.6 Å². The molecule has 1 aliphatic rings. The van der Waals surface area contributed by atoms with Gasteiger partial charge in [-0.3, -0.25) is 4.79 Å². The summed E-state index contributed by atoms with van der Waals surface area (Å²) < 4.78 is 48.6. The first-order valence-electron chi connectivity index (χ1n) is 9.96. The summed E-state index contributed by atoms with van der Waals surface area (Å²) >= 11 is 6.16. The summed E-state index contributed by atoms with van der Waals surface area (Å²) in [5.74, 6) is -1.06. The number of sulfone groups is 2. The predicted molar refractivity (Wildman–Crippen MR) is 122 cm³/mol. The molecule has 12 heteroatoms. The number of benzene rings is 1. The molecule has 1 aliphatic heterocycles. The molecule has 2 aromatic rings.